The van der Waals surface area contributed by atoms with Crippen molar-refractivity contribution in [3.05, 3.63) is 29.8 Å². The molecule has 50 valence electrons. The summed E-state index contributed by atoms with van der Waals surface area (Å²) in [5.74, 6) is 0.564. The molecule has 10 heavy (non-hydrogen) atoms. The second kappa shape index (κ2) is 1.84. The molecular formula is C8H7O2+. The summed E-state index contributed by atoms with van der Waals surface area (Å²) in [4.78, 5) is 10.7. The topological polar surface area (TPSA) is 26.3 Å². The van der Waals surface area contributed by atoms with Crippen LogP contribution in [0.2, 0.25) is 0 Å². The van der Waals surface area contributed by atoms with Crippen LogP contribution in [0.4, 0.5) is 0 Å². The fraction of sp³-hybridized carbons (Fsp3) is 0.125. The Bertz CT molecular complexity index is 256. The molecule has 2 heteroatoms. The standard InChI is InChI=1S/C8H6O2/c9-8-5-6-3-1-2-4-7(6)10-8/h1-4H,5H2/p+1. The van der Waals surface area contributed by atoms with E-state index >= 15 is 0 Å². The van der Waals surface area contributed by atoms with Crippen LogP contribution in [0, 0.1) is 0 Å². The Hall–Kier alpha value is -1.31. The highest BCUT2D eigenvalue weighted by Gasteiger charge is 2.18. The normalized spacial score (nSPS) is 14.6. The summed E-state index contributed by atoms with van der Waals surface area (Å²) in [5.41, 5.74) is 0.993. The number of esters is 1. The minimum atomic E-state index is -0.152. The molecule has 0 bridgehead atoms. The van der Waals surface area contributed by atoms with E-state index in [0.717, 1.165) is 5.56 Å². The summed E-state index contributed by atoms with van der Waals surface area (Å²) < 4.78 is 4.87. The maximum atomic E-state index is 10.7. The summed E-state index contributed by atoms with van der Waals surface area (Å²) in [5, 5.41) is 0. The van der Waals surface area contributed by atoms with Crippen molar-refractivity contribution in [2.24, 2.45) is 0 Å². The number of carbonyl (C=O) groups excluding carboxylic acids is 1. The molecule has 0 radical (unpaired) electrons. The van der Waals surface area contributed by atoms with E-state index in [0.29, 0.717) is 12.2 Å². The number of rotatable bonds is 0. The SMILES string of the molecule is O=C1Cc2ccccc2O1.[H+]. The van der Waals surface area contributed by atoms with Gasteiger partial charge in [0.1, 0.15) is 5.75 Å². The van der Waals surface area contributed by atoms with E-state index in [2.05, 4.69) is 0 Å². The van der Waals surface area contributed by atoms with E-state index < -0.39 is 0 Å². The molecule has 2 rings (SSSR count). The van der Waals surface area contributed by atoms with Gasteiger partial charge in [-0.3, -0.25) is 4.79 Å². The van der Waals surface area contributed by atoms with Crippen molar-refractivity contribution in [3.8, 4) is 5.75 Å². The Balaban J connectivity index is 0.000000605. The maximum absolute atomic E-state index is 10.7. The molecule has 0 spiro atoms. The van der Waals surface area contributed by atoms with Crippen LogP contribution in [-0.2, 0) is 11.2 Å². The smallest absolute Gasteiger partial charge is 0.426 e. The lowest BCUT2D eigenvalue weighted by Crippen LogP contribution is -1.99. The van der Waals surface area contributed by atoms with Gasteiger partial charge in [0, 0.05) is 5.56 Å². The molecule has 1 aromatic carbocycles. The second-order valence-electron chi connectivity index (χ2n) is 2.26. The zero-order valence-electron chi connectivity index (χ0n) is 6.33. The summed E-state index contributed by atoms with van der Waals surface area (Å²) in [6, 6.07) is 7.47. The van der Waals surface area contributed by atoms with E-state index in [-0.39, 0.29) is 7.40 Å². The number of carbonyl (C=O) groups is 1. The van der Waals surface area contributed by atoms with Gasteiger partial charge < -0.3 is 4.74 Å². The highest BCUT2D eigenvalue weighted by Crippen LogP contribution is 2.24. The molecule has 0 N–H and O–H groups in total. The molecule has 0 aromatic heterocycles. The van der Waals surface area contributed by atoms with Crippen LogP contribution >= 0.6 is 0 Å². The van der Waals surface area contributed by atoms with Crippen molar-refractivity contribution >= 4 is 5.97 Å². The number of benzene rings is 1. The molecule has 0 fully saturated rings. The highest BCUT2D eigenvalue weighted by atomic mass is 16.5. The Morgan fingerprint density at radius 1 is 1.40 bits per heavy atom. The van der Waals surface area contributed by atoms with Gasteiger partial charge in [0.15, 0.2) is 0 Å². The lowest BCUT2D eigenvalue weighted by atomic mass is 10.2. The average Bonchev–Trinajstić information content (AvgIpc) is 2.27. The lowest BCUT2D eigenvalue weighted by Gasteiger charge is -1.91. The number of fused-ring (bicyclic) bond motifs is 1. The fourth-order valence-corrected chi connectivity index (χ4v) is 1.06. The highest BCUT2D eigenvalue weighted by molar-refractivity contribution is 5.80. The van der Waals surface area contributed by atoms with Gasteiger partial charge in [-0.25, -0.2) is 0 Å². The zero-order chi connectivity index (χ0) is 6.97. The van der Waals surface area contributed by atoms with Crippen LogP contribution in [0.15, 0.2) is 24.3 Å². The Kier molecular flexibility index (Phi) is 1.01. The minimum Gasteiger partial charge on any atom is -0.426 e. The number of hydrogen-bond donors (Lipinski definition) is 0. The van der Waals surface area contributed by atoms with Crippen molar-refractivity contribution in [1.82, 2.24) is 0 Å². The predicted octanol–water partition coefficient (Wildman–Crippen LogP) is 1.26. The minimum absolute atomic E-state index is 0. The van der Waals surface area contributed by atoms with Crippen molar-refractivity contribution in [2.75, 3.05) is 0 Å². The van der Waals surface area contributed by atoms with Gasteiger partial charge in [0.05, 0.1) is 6.42 Å². The second-order valence-corrected chi connectivity index (χ2v) is 2.26. The summed E-state index contributed by atoms with van der Waals surface area (Å²) in [7, 11) is 0. The Labute approximate surface area is 59.9 Å². The Morgan fingerprint density at radius 3 is 3.00 bits per heavy atom. The number of para-hydroxylation sites is 1. The fourth-order valence-electron chi connectivity index (χ4n) is 1.06. The van der Waals surface area contributed by atoms with E-state index in [1.54, 1.807) is 6.07 Å². The van der Waals surface area contributed by atoms with Crippen molar-refractivity contribution in [3.63, 3.8) is 0 Å². The number of ether oxygens (including phenoxy) is 1. The molecule has 0 unspecified atom stereocenters. The van der Waals surface area contributed by atoms with Crippen LogP contribution < -0.4 is 4.74 Å². The first-order chi connectivity index (χ1) is 4.86. The van der Waals surface area contributed by atoms with Gasteiger partial charge in [0.2, 0.25) is 0 Å². The molecule has 1 aliphatic heterocycles. The van der Waals surface area contributed by atoms with Crippen molar-refractivity contribution in [2.45, 2.75) is 6.42 Å². The van der Waals surface area contributed by atoms with Crippen molar-refractivity contribution in [1.29, 1.82) is 0 Å². The third kappa shape index (κ3) is 0.692. The van der Waals surface area contributed by atoms with Gasteiger partial charge in [-0.15, -0.1) is 0 Å². The molecule has 0 amide bonds. The molecule has 0 aliphatic carbocycles. The van der Waals surface area contributed by atoms with Gasteiger partial charge in [0.25, 0.3) is 0 Å². The number of hydrogen-bond acceptors (Lipinski definition) is 2. The molecule has 0 saturated carbocycles. The Morgan fingerprint density at radius 2 is 2.20 bits per heavy atom. The largest absolute Gasteiger partial charge is 1.00 e. The van der Waals surface area contributed by atoms with Crippen LogP contribution in [0.25, 0.3) is 0 Å². The zero-order valence-corrected chi connectivity index (χ0v) is 5.33. The molecule has 1 heterocycles. The molecule has 1 aromatic rings. The predicted molar refractivity (Wildman–Crippen MR) is 36.9 cm³/mol. The van der Waals surface area contributed by atoms with Gasteiger partial charge in [-0.2, -0.15) is 0 Å². The quantitative estimate of drug-likeness (QED) is 0.395. The van der Waals surface area contributed by atoms with E-state index in [9.17, 15) is 4.79 Å². The first-order valence-electron chi connectivity index (χ1n) is 3.15. The first-order valence-corrected chi connectivity index (χ1v) is 3.15. The van der Waals surface area contributed by atoms with Crippen LogP contribution in [-0.4, -0.2) is 5.97 Å². The van der Waals surface area contributed by atoms with E-state index in [4.69, 9.17) is 4.74 Å². The summed E-state index contributed by atoms with van der Waals surface area (Å²) in [6.45, 7) is 0. The molecule has 2 nitrogen and oxygen atoms in total. The van der Waals surface area contributed by atoms with Crippen LogP contribution in [0.3, 0.4) is 0 Å². The van der Waals surface area contributed by atoms with Crippen molar-refractivity contribution < 1.29 is 11.0 Å². The van der Waals surface area contributed by atoms with Crippen LogP contribution in [0.1, 0.15) is 6.99 Å². The van der Waals surface area contributed by atoms with E-state index in [1.807, 2.05) is 18.2 Å². The van der Waals surface area contributed by atoms with Gasteiger partial charge in [-0.05, 0) is 6.07 Å². The van der Waals surface area contributed by atoms with Crippen LogP contribution in [0.5, 0.6) is 5.75 Å². The summed E-state index contributed by atoms with van der Waals surface area (Å²) in [6.07, 6.45) is 0.427. The van der Waals surface area contributed by atoms with Gasteiger partial charge >= 0.3 is 7.40 Å². The van der Waals surface area contributed by atoms with E-state index in [1.165, 1.54) is 0 Å². The molecule has 0 saturated heterocycles. The third-order valence-electron chi connectivity index (χ3n) is 1.53. The summed E-state index contributed by atoms with van der Waals surface area (Å²) >= 11 is 0. The third-order valence-corrected chi connectivity index (χ3v) is 1.53. The first kappa shape index (κ1) is 5.47. The molecule has 1 aliphatic rings. The average molecular weight is 135 g/mol. The monoisotopic (exact) mass is 135 g/mol. The van der Waals surface area contributed by atoms with Gasteiger partial charge in [-0.1, -0.05) is 18.2 Å². The lowest BCUT2D eigenvalue weighted by molar-refractivity contribution is -0.131. The maximum Gasteiger partial charge on any atom is 1.00 e. The molecular weight excluding hydrogens is 128 g/mol. The molecule has 0 atom stereocenters.